The highest BCUT2D eigenvalue weighted by molar-refractivity contribution is 6.14. The molecule has 0 unspecified atom stereocenters. The van der Waals surface area contributed by atoms with Gasteiger partial charge < -0.3 is 4.90 Å². The van der Waals surface area contributed by atoms with Crippen LogP contribution >= 0.6 is 0 Å². The highest BCUT2D eigenvalue weighted by Crippen LogP contribution is 2.44. The molecule has 8 aromatic rings. The monoisotopic (exact) mass is 573 g/mol. The molecule has 1 heteroatoms. The van der Waals surface area contributed by atoms with E-state index < -0.39 is 0 Å². The number of nitrogens with zero attached hydrogens (tertiary/aromatic N) is 1. The number of hydrogen-bond acceptors (Lipinski definition) is 1. The van der Waals surface area contributed by atoms with Crippen molar-refractivity contribution in [1.29, 1.82) is 0 Å². The molecule has 0 N–H and O–H groups in total. The van der Waals surface area contributed by atoms with Crippen LogP contribution in [0, 0.1) is 0 Å². The molecule has 45 heavy (non-hydrogen) atoms. The van der Waals surface area contributed by atoms with E-state index in [-0.39, 0.29) is 0 Å². The smallest absolute Gasteiger partial charge is 0.0546 e. The number of hydrogen-bond donors (Lipinski definition) is 0. The van der Waals surface area contributed by atoms with E-state index in [0.717, 1.165) is 17.1 Å². The van der Waals surface area contributed by atoms with E-state index in [9.17, 15) is 0 Å². The lowest BCUT2D eigenvalue weighted by Crippen LogP contribution is -2.11. The lowest BCUT2D eigenvalue weighted by atomic mass is 9.91. The van der Waals surface area contributed by atoms with Crippen molar-refractivity contribution >= 4 is 38.6 Å². The van der Waals surface area contributed by atoms with Crippen LogP contribution in [0.5, 0.6) is 0 Å². The summed E-state index contributed by atoms with van der Waals surface area (Å²) in [5.41, 5.74) is 10.6. The molecule has 0 radical (unpaired) electrons. The summed E-state index contributed by atoms with van der Waals surface area (Å²) in [6.07, 6.45) is 0. The van der Waals surface area contributed by atoms with Gasteiger partial charge in [0.15, 0.2) is 0 Å². The summed E-state index contributed by atoms with van der Waals surface area (Å²) < 4.78 is 0. The van der Waals surface area contributed by atoms with Crippen molar-refractivity contribution in [2.24, 2.45) is 0 Å². The maximum absolute atomic E-state index is 2.39. The maximum Gasteiger partial charge on any atom is 0.0546 e. The minimum absolute atomic E-state index is 1.11. The van der Waals surface area contributed by atoms with E-state index in [1.165, 1.54) is 54.9 Å². The van der Waals surface area contributed by atoms with Crippen LogP contribution in [-0.4, -0.2) is 0 Å². The SMILES string of the molecule is c1ccc(-c2ccc(N(c3ccccc3)c3cc(-c4cc5ccccc5c5ccccc45)ccc3-c3ccccc3)cc2)cc1. The first-order valence-electron chi connectivity index (χ1n) is 15.4. The summed E-state index contributed by atoms with van der Waals surface area (Å²) in [7, 11) is 0. The Kier molecular flexibility index (Phi) is 6.90. The first-order valence-corrected chi connectivity index (χ1v) is 15.4. The average molecular weight is 574 g/mol. The molecule has 0 aromatic heterocycles. The minimum atomic E-state index is 1.11. The molecule has 0 amide bonds. The molecule has 0 spiro atoms. The van der Waals surface area contributed by atoms with Crippen molar-refractivity contribution in [3.8, 4) is 33.4 Å². The first kappa shape index (κ1) is 26.7. The van der Waals surface area contributed by atoms with Crippen LogP contribution in [0.15, 0.2) is 188 Å². The lowest BCUT2D eigenvalue weighted by Gasteiger charge is -2.29. The van der Waals surface area contributed by atoms with E-state index in [1.54, 1.807) is 0 Å². The molecule has 0 aliphatic carbocycles. The van der Waals surface area contributed by atoms with E-state index in [1.807, 2.05) is 0 Å². The summed E-state index contributed by atoms with van der Waals surface area (Å²) in [5.74, 6) is 0. The van der Waals surface area contributed by atoms with Gasteiger partial charge in [-0.2, -0.15) is 0 Å². The molecule has 0 fully saturated rings. The van der Waals surface area contributed by atoms with Crippen molar-refractivity contribution < 1.29 is 0 Å². The van der Waals surface area contributed by atoms with Crippen molar-refractivity contribution in [3.05, 3.63) is 188 Å². The van der Waals surface area contributed by atoms with Gasteiger partial charge in [0.05, 0.1) is 5.69 Å². The van der Waals surface area contributed by atoms with Crippen molar-refractivity contribution in [3.63, 3.8) is 0 Å². The zero-order valence-electron chi connectivity index (χ0n) is 24.8. The fraction of sp³-hybridized carbons (Fsp3) is 0. The number of benzene rings is 8. The second-order valence-electron chi connectivity index (χ2n) is 11.4. The van der Waals surface area contributed by atoms with Crippen LogP contribution in [0.4, 0.5) is 17.1 Å². The van der Waals surface area contributed by atoms with Gasteiger partial charge in [0, 0.05) is 16.9 Å². The van der Waals surface area contributed by atoms with E-state index in [2.05, 4.69) is 193 Å². The second-order valence-corrected chi connectivity index (χ2v) is 11.4. The summed E-state index contributed by atoms with van der Waals surface area (Å²) in [6, 6.07) is 67.7. The van der Waals surface area contributed by atoms with E-state index in [4.69, 9.17) is 0 Å². The molecule has 0 atom stereocenters. The highest BCUT2D eigenvalue weighted by atomic mass is 15.1. The molecular formula is C44H31N. The van der Waals surface area contributed by atoms with Gasteiger partial charge in [-0.25, -0.2) is 0 Å². The van der Waals surface area contributed by atoms with Gasteiger partial charge in [-0.15, -0.1) is 0 Å². The van der Waals surface area contributed by atoms with Gasteiger partial charge in [0.25, 0.3) is 0 Å². The predicted molar refractivity (Wildman–Crippen MR) is 192 cm³/mol. The molecule has 0 saturated carbocycles. The van der Waals surface area contributed by atoms with Crippen molar-refractivity contribution in [2.75, 3.05) is 4.90 Å². The highest BCUT2D eigenvalue weighted by Gasteiger charge is 2.19. The Balaban J connectivity index is 1.37. The number of para-hydroxylation sites is 1. The summed E-state index contributed by atoms with van der Waals surface area (Å²) in [4.78, 5) is 2.39. The second kappa shape index (κ2) is 11.6. The molecule has 1 nitrogen and oxygen atoms in total. The van der Waals surface area contributed by atoms with Gasteiger partial charge in [-0.05, 0) is 85.8 Å². The molecular weight excluding hydrogens is 542 g/mol. The quantitative estimate of drug-likeness (QED) is 0.179. The summed E-state index contributed by atoms with van der Waals surface area (Å²) >= 11 is 0. The van der Waals surface area contributed by atoms with Gasteiger partial charge in [0.1, 0.15) is 0 Å². The Hall–Kier alpha value is -5.92. The minimum Gasteiger partial charge on any atom is -0.310 e. The molecule has 0 aliphatic heterocycles. The molecule has 8 aromatic carbocycles. The third-order valence-electron chi connectivity index (χ3n) is 8.65. The third kappa shape index (κ3) is 5.05. The molecule has 0 bridgehead atoms. The van der Waals surface area contributed by atoms with E-state index >= 15 is 0 Å². The maximum atomic E-state index is 2.39. The lowest BCUT2D eigenvalue weighted by molar-refractivity contribution is 1.28. The van der Waals surface area contributed by atoms with Crippen molar-refractivity contribution in [2.45, 2.75) is 0 Å². The zero-order valence-corrected chi connectivity index (χ0v) is 24.8. The Bertz CT molecular complexity index is 2240. The average Bonchev–Trinajstić information content (AvgIpc) is 3.13. The third-order valence-corrected chi connectivity index (χ3v) is 8.65. The topological polar surface area (TPSA) is 3.24 Å². The standard InChI is InChI=1S/C44H31N/c1-4-14-32(15-5-1)33-24-27-38(28-25-33)45(37-19-8-3-9-20-37)44-31-36(26-29-40(44)34-16-6-2-7-17-34)43-30-35-18-10-11-21-39(35)41-22-12-13-23-42(41)43/h1-31H. The normalized spacial score (nSPS) is 11.1. The Labute approximate surface area is 264 Å². The molecule has 212 valence electrons. The summed E-state index contributed by atoms with van der Waals surface area (Å²) in [6.45, 7) is 0. The van der Waals surface area contributed by atoms with Crippen LogP contribution in [0.3, 0.4) is 0 Å². The fourth-order valence-electron chi connectivity index (χ4n) is 6.48. The molecule has 0 aliphatic rings. The predicted octanol–water partition coefficient (Wildman–Crippen LogP) is 12.5. The first-order chi connectivity index (χ1) is 22.3. The molecule has 8 rings (SSSR count). The molecule has 0 heterocycles. The van der Waals surface area contributed by atoms with Crippen molar-refractivity contribution in [1.82, 2.24) is 0 Å². The van der Waals surface area contributed by atoms with Crippen LogP contribution in [0.25, 0.3) is 54.9 Å². The fourth-order valence-corrected chi connectivity index (χ4v) is 6.48. The van der Waals surface area contributed by atoms with Gasteiger partial charge in [0.2, 0.25) is 0 Å². The van der Waals surface area contributed by atoms with Gasteiger partial charge in [-0.1, -0.05) is 152 Å². The van der Waals surface area contributed by atoms with Crippen LogP contribution in [0.1, 0.15) is 0 Å². The van der Waals surface area contributed by atoms with Gasteiger partial charge >= 0.3 is 0 Å². The molecule has 0 saturated heterocycles. The van der Waals surface area contributed by atoms with Crippen LogP contribution in [-0.2, 0) is 0 Å². The number of rotatable bonds is 6. The van der Waals surface area contributed by atoms with Gasteiger partial charge in [-0.3, -0.25) is 0 Å². The number of fused-ring (bicyclic) bond motifs is 3. The van der Waals surface area contributed by atoms with E-state index in [0.29, 0.717) is 0 Å². The zero-order chi connectivity index (χ0) is 30.0. The van der Waals surface area contributed by atoms with Crippen LogP contribution < -0.4 is 4.90 Å². The Morgan fingerprint density at radius 3 is 1.51 bits per heavy atom. The Morgan fingerprint density at radius 1 is 0.289 bits per heavy atom. The Morgan fingerprint density at radius 2 is 0.800 bits per heavy atom. The number of anilines is 3. The largest absolute Gasteiger partial charge is 0.310 e. The summed E-state index contributed by atoms with van der Waals surface area (Å²) in [5, 5.41) is 5.06. The van der Waals surface area contributed by atoms with Crippen LogP contribution in [0.2, 0.25) is 0 Å².